The fourth-order valence-corrected chi connectivity index (χ4v) is 0.258. The minimum atomic E-state index is -4.29. The third-order valence-corrected chi connectivity index (χ3v) is 0.569. The van der Waals surface area contributed by atoms with Crippen molar-refractivity contribution >= 4 is 61.8 Å². The normalized spacial score (nSPS) is 9.12. The molecule has 0 aliphatic heterocycles. The van der Waals surface area contributed by atoms with Gasteiger partial charge in [0.1, 0.15) is 6.26 Å². The van der Waals surface area contributed by atoms with E-state index < -0.39 is 10.4 Å². The van der Waals surface area contributed by atoms with E-state index in [2.05, 4.69) is 10.8 Å². The Bertz CT molecular complexity index is 147. The third kappa shape index (κ3) is 10.1. The summed E-state index contributed by atoms with van der Waals surface area (Å²) in [6.07, 6.45) is 0.620. The molecule has 0 aromatic rings. The molecule has 0 aromatic heterocycles. The molecule has 6 heteroatoms. The van der Waals surface area contributed by atoms with E-state index in [4.69, 9.17) is 4.55 Å². The molecule has 0 heterocycles. The van der Waals surface area contributed by atoms with Gasteiger partial charge >= 0.3 is 10.4 Å². The Labute approximate surface area is 90.3 Å². The molecule has 0 spiro atoms. The van der Waals surface area contributed by atoms with E-state index in [-0.39, 0.29) is 51.4 Å². The summed E-state index contributed by atoms with van der Waals surface area (Å²) in [5.41, 5.74) is 0. The topological polar surface area (TPSA) is 63.6 Å². The molecule has 0 rings (SSSR count). The second-order valence-electron chi connectivity index (χ2n) is 0.691. The average molecular weight is 163 g/mol. The van der Waals surface area contributed by atoms with Crippen LogP contribution in [0.3, 0.4) is 0 Å². The number of hydrogen-bond acceptors (Lipinski definition) is 3. The van der Waals surface area contributed by atoms with Crippen LogP contribution < -0.4 is 0 Å². The number of hydrogen-bond donors (Lipinski definition) is 1. The van der Waals surface area contributed by atoms with Crippen molar-refractivity contribution in [1.82, 2.24) is 0 Å². The molecule has 0 aliphatic rings. The molecule has 0 fully saturated rings. The van der Waals surface area contributed by atoms with Crippen LogP contribution in [0, 0.1) is 0 Å². The summed E-state index contributed by atoms with van der Waals surface area (Å²) in [7, 11) is -4.29. The molecule has 0 aromatic carbocycles. The van der Waals surface area contributed by atoms with E-state index >= 15 is 0 Å². The molecule has 0 aliphatic carbocycles. The van der Waals surface area contributed by atoms with Crippen molar-refractivity contribution in [2.75, 3.05) is 0 Å². The minimum Gasteiger partial charge on any atom is -0.370 e. The van der Waals surface area contributed by atoms with Crippen LogP contribution in [0.5, 0.6) is 0 Å². The number of rotatable bonds is 2. The Kier molecular flexibility index (Phi) is 7.27. The predicted octanol–water partition coefficient (Wildman–Crippen LogP) is -0.432. The summed E-state index contributed by atoms with van der Waals surface area (Å²) in [5.74, 6) is 0. The molecule has 0 bridgehead atoms. The van der Waals surface area contributed by atoms with E-state index in [1.54, 1.807) is 0 Å². The molecule has 0 amide bonds. The van der Waals surface area contributed by atoms with Gasteiger partial charge in [-0.3, -0.25) is 4.55 Å². The molecule has 1 N–H and O–H groups in total. The van der Waals surface area contributed by atoms with E-state index in [9.17, 15) is 8.42 Å². The van der Waals surface area contributed by atoms with Crippen LogP contribution in [-0.2, 0) is 14.6 Å². The molecular formula is C2H4KO4S. The molecule has 0 saturated heterocycles. The maximum Gasteiger partial charge on any atom is 0.445 e. The van der Waals surface area contributed by atoms with Crippen LogP contribution in [-0.4, -0.2) is 64.4 Å². The zero-order valence-corrected chi connectivity index (χ0v) is 8.30. The van der Waals surface area contributed by atoms with Gasteiger partial charge < -0.3 is 4.18 Å². The summed E-state index contributed by atoms with van der Waals surface area (Å²) in [4.78, 5) is 0. The largest absolute Gasteiger partial charge is 0.445 e. The standard InChI is InChI=1S/C2H4O4S.K/c1-2-6-7(3,4)5;/h2H,1H2,(H,3,4,5);. The Morgan fingerprint density at radius 1 is 1.62 bits per heavy atom. The van der Waals surface area contributed by atoms with E-state index in [0.717, 1.165) is 0 Å². The van der Waals surface area contributed by atoms with Crippen molar-refractivity contribution in [2.45, 2.75) is 0 Å². The van der Waals surface area contributed by atoms with Gasteiger partial charge in [0.2, 0.25) is 0 Å². The Morgan fingerprint density at radius 2 is 2.00 bits per heavy atom. The van der Waals surface area contributed by atoms with Crippen molar-refractivity contribution in [3.05, 3.63) is 12.8 Å². The second kappa shape index (κ2) is 4.92. The zero-order chi connectivity index (χ0) is 5.91. The maximum atomic E-state index is 9.49. The molecule has 4 nitrogen and oxygen atoms in total. The Hall–Kier alpha value is 1.09. The van der Waals surface area contributed by atoms with Gasteiger partial charge in [0.05, 0.1) is 0 Å². The molecule has 8 heavy (non-hydrogen) atoms. The van der Waals surface area contributed by atoms with Gasteiger partial charge in [-0.05, 0) is 0 Å². The first-order chi connectivity index (χ1) is 3.06. The minimum absolute atomic E-state index is 0. The van der Waals surface area contributed by atoms with Crippen LogP contribution in [0.2, 0.25) is 0 Å². The van der Waals surface area contributed by atoms with Crippen LogP contribution in [0.4, 0.5) is 0 Å². The average Bonchev–Trinajstić information content (AvgIpc) is 1.30. The smallest absolute Gasteiger partial charge is 0.370 e. The molecule has 0 saturated carbocycles. The fourth-order valence-electron chi connectivity index (χ4n) is 0.0860. The van der Waals surface area contributed by atoms with Crippen LogP contribution in [0.25, 0.3) is 0 Å². The fraction of sp³-hybridized carbons (Fsp3) is 0. The van der Waals surface area contributed by atoms with Crippen LogP contribution in [0.1, 0.15) is 0 Å². The van der Waals surface area contributed by atoms with Gasteiger partial charge in [0, 0.05) is 51.4 Å². The van der Waals surface area contributed by atoms with E-state index in [0.29, 0.717) is 6.26 Å². The summed E-state index contributed by atoms with van der Waals surface area (Å²) < 4.78 is 30.2. The monoisotopic (exact) mass is 163 g/mol. The summed E-state index contributed by atoms with van der Waals surface area (Å²) >= 11 is 0. The van der Waals surface area contributed by atoms with Gasteiger partial charge in [0.25, 0.3) is 0 Å². The van der Waals surface area contributed by atoms with Gasteiger partial charge in [0.15, 0.2) is 0 Å². The zero-order valence-electron chi connectivity index (χ0n) is 4.36. The first-order valence-corrected chi connectivity index (χ1v) is 2.69. The molecule has 0 unspecified atom stereocenters. The first-order valence-electron chi connectivity index (χ1n) is 1.33. The van der Waals surface area contributed by atoms with Crippen molar-refractivity contribution in [1.29, 1.82) is 0 Å². The van der Waals surface area contributed by atoms with Gasteiger partial charge in [-0.1, -0.05) is 6.58 Å². The van der Waals surface area contributed by atoms with Crippen molar-refractivity contribution in [3.63, 3.8) is 0 Å². The summed E-state index contributed by atoms with van der Waals surface area (Å²) in [6.45, 7) is 2.88. The summed E-state index contributed by atoms with van der Waals surface area (Å²) in [5, 5.41) is 0. The van der Waals surface area contributed by atoms with Crippen molar-refractivity contribution in [3.8, 4) is 0 Å². The van der Waals surface area contributed by atoms with E-state index in [1.807, 2.05) is 0 Å². The SMILES string of the molecule is C=COS(=O)(=O)O.[K]. The van der Waals surface area contributed by atoms with E-state index in [1.165, 1.54) is 0 Å². The van der Waals surface area contributed by atoms with Gasteiger partial charge in [-0.2, -0.15) is 8.42 Å². The molecule has 0 atom stereocenters. The Morgan fingerprint density at radius 3 is 2.00 bits per heavy atom. The molecular weight excluding hydrogens is 159 g/mol. The molecule has 1 radical (unpaired) electrons. The molecule has 43 valence electrons. The second-order valence-corrected chi connectivity index (χ2v) is 1.74. The van der Waals surface area contributed by atoms with Crippen LogP contribution >= 0.6 is 0 Å². The van der Waals surface area contributed by atoms with Gasteiger partial charge in [-0.15, -0.1) is 0 Å². The Balaban J connectivity index is 0. The predicted molar refractivity (Wildman–Crippen MR) is 28.6 cm³/mol. The maximum absolute atomic E-state index is 9.49. The van der Waals surface area contributed by atoms with Crippen molar-refractivity contribution in [2.24, 2.45) is 0 Å². The summed E-state index contributed by atoms with van der Waals surface area (Å²) in [6, 6.07) is 0. The quantitative estimate of drug-likeness (QED) is 0.341. The van der Waals surface area contributed by atoms with Gasteiger partial charge in [-0.25, -0.2) is 0 Å². The first kappa shape index (κ1) is 11.8. The third-order valence-electron chi connectivity index (χ3n) is 0.190. The van der Waals surface area contributed by atoms with Crippen LogP contribution in [0.15, 0.2) is 12.8 Å². The van der Waals surface area contributed by atoms with Crippen molar-refractivity contribution < 1.29 is 17.2 Å².